The molecule has 1 N–H and O–H groups in total. The summed E-state index contributed by atoms with van der Waals surface area (Å²) < 4.78 is 39.3. The van der Waals surface area contributed by atoms with Crippen molar-refractivity contribution < 1.29 is 12.8 Å². The Hall–Kier alpha value is -1.14. The van der Waals surface area contributed by atoms with Crippen molar-refractivity contribution in [3.05, 3.63) is 29.6 Å². The molecule has 1 unspecified atom stereocenters. The van der Waals surface area contributed by atoms with E-state index in [9.17, 15) is 12.8 Å². The molecule has 2 rings (SSSR count). The summed E-state index contributed by atoms with van der Waals surface area (Å²) in [6.07, 6.45) is 0.640. The average molecular weight is 272 g/mol. The van der Waals surface area contributed by atoms with E-state index in [4.69, 9.17) is 0 Å². The highest BCUT2D eigenvalue weighted by atomic mass is 32.2. The number of halogens is 1. The van der Waals surface area contributed by atoms with Crippen LogP contribution >= 0.6 is 0 Å². The van der Waals surface area contributed by atoms with Crippen molar-refractivity contribution in [2.75, 3.05) is 24.4 Å². The molecule has 0 bridgehead atoms. The standard InChI is InChI=1S/C12H17FN2O2S/c1-9(8-14-2)18(16,17)15-6-5-10-3-4-11(13)7-12(10)15/h3-4,7,9,14H,5-6,8H2,1-2H3. The molecule has 0 amide bonds. The summed E-state index contributed by atoms with van der Waals surface area (Å²) in [5.74, 6) is -0.405. The first kappa shape index (κ1) is 13.3. The largest absolute Gasteiger partial charge is 0.318 e. The zero-order valence-electron chi connectivity index (χ0n) is 10.5. The first-order chi connectivity index (χ1) is 8.46. The Kier molecular flexibility index (Phi) is 3.59. The number of fused-ring (bicyclic) bond motifs is 1. The van der Waals surface area contributed by atoms with Gasteiger partial charge in [-0.2, -0.15) is 0 Å². The van der Waals surface area contributed by atoms with Gasteiger partial charge in [-0.1, -0.05) is 6.07 Å². The van der Waals surface area contributed by atoms with Crippen LogP contribution in [-0.4, -0.2) is 33.8 Å². The van der Waals surface area contributed by atoms with Crippen LogP contribution in [0.25, 0.3) is 0 Å². The predicted molar refractivity (Wildman–Crippen MR) is 69.8 cm³/mol. The minimum absolute atomic E-state index is 0.378. The van der Waals surface area contributed by atoms with Gasteiger partial charge in [0.15, 0.2) is 0 Å². The Morgan fingerprint density at radius 3 is 2.89 bits per heavy atom. The zero-order chi connectivity index (χ0) is 13.3. The molecule has 0 fully saturated rings. The summed E-state index contributed by atoms with van der Waals surface area (Å²) in [5, 5.41) is 2.32. The van der Waals surface area contributed by atoms with Gasteiger partial charge in [-0.15, -0.1) is 0 Å². The summed E-state index contributed by atoms with van der Waals surface area (Å²) in [6, 6.07) is 4.32. The van der Waals surface area contributed by atoms with Crippen molar-refractivity contribution in [1.82, 2.24) is 5.32 Å². The third kappa shape index (κ3) is 2.22. The quantitative estimate of drug-likeness (QED) is 0.894. The molecule has 100 valence electrons. The fourth-order valence-electron chi connectivity index (χ4n) is 2.20. The van der Waals surface area contributed by atoms with Gasteiger partial charge in [-0.25, -0.2) is 12.8 Å². The molecular formula is C12H17FN2O2S. The number of nitrogens with zero attached hydrogens (tertiary/aromatic N) is 1. The van der Waals surface area contributed by atoms with Gasteiger partial charge in [0.05, 0.1) is 10.9 Å². The first-order valence-corrected chi connectivity index (χ1v) is 7.41. The Labute approximate surface area is 107 Å². The van der Waals surface area contributed by atoms with Crippen LogP contribution in [0.5, 0.6) is 0 Å². The maximum absolute atomic E-state index is 13.2. The minimum atomic E-state index is -3.43. The number of rotatable bonds is 4. The summed E-state index contributed by atoms with van der Waals surface area (Å²) in [7, 11) is -1.71. The molecular weight excluding hydrogens is 255 g/mol. The molecule has 0 radical (unpaired) electrons. The van der Waals surface area contributed by atoms with E-state index in [2.05, 4.69) is 5.32 Å². The fraction of sp³-hybridized carbons (Fsp3) is 0.500. The molecule has 1 aromatic carbocycles. The van der Waals surface area contributed by atoms with Gasteiger partial charge in [0.1, 0.15) is 5.82 Å². The molecule has 1 aliphatic rings. The van der Waals surface area contributed by atoms with Gasteiger partial charge < -0.3 is 5.32 Å². The van der Waals surface area contributed by atoms with Crippen LogP contribution in [-0.2, 0) is 16.4 Å². The third-order valence-electron chi connectivity index (χ3n) is 3.21. The highest BCUT2D eigenvalue weighted by Crippen LogP contribution is 2.32. The molecule has 0 saturated heterocycles. The molecule has 0 saturated carbocycles. The van der Waals surface area contributed by atoms with Crippen molar-refractivity contribution in [1.29, 1.82) is 0 Å². The lowest BCUT2D eigenvalue weighted by atomic mass is 10.2. The lowest BCUT2D eigenvalue weighted by Crippen LogP contribution is -2.40. The molecule has 1 atom stereocenters. The van der Waals surface area contributed by atoms with Gasteiger partial charge in [-0.05, 0) is 38.1 Å². The van der Waals surface area contributed by atoms with Crippen molar-refractivity contribution in [3.8, 4) is 0 Å². The van der Waals surface area contributed by atoms with E-state index >= 15 is 0 Å². The Bertz CT molecular complexity index is 545. The van der Waals surface area contributed by atoms with E-state index in [1.54, 1.807) is 20.0 Å². The Balaban J connectivity index is 2.36. The summed E-state index contributed by atoms with van der Waals surface area (Å²) in [4.78, 5) is 0. The molecule has 1 aromatic rings. The van der Waals surface area contributed by atoms with Gasteiger partial charge in [-0.3, -0.25) is 4.31 Å². The molecule has 0 spiro atoms. The van der Waals surface area contributed by atoms with E-state index < -0.39 is 21.1 Å². The second-order valence-electron chi connectivity index (χ2n) is 4.51. The minimum Gasteiger partial charge on any atom is -0.318 e. The lowest BCUT2D eigenvalue weighted by Gasteiger charge is -2.23. The number of nitrogens with one attached hydrogen (secondary N) is 1. The SMILES string of the molecule is CNCC(C)S(=O)(=O)N1CCc2ccc(F)cc21. The zero-order valence-corrected chi connectivity index (χ0v) is 11.3. The number of benzene rings is 1. The van der Waals surface area contributed by atoms with Gasteiger partial charge in [0, 0.05) is 13.1 Å². The van der Waals surface area contributed by atoms with Crippen LogP contribution in [0.3, 0.4) is 0 Å². The fourth-order valence-corrected chi connectivity index (χ4v) is 3.80. The maximum Gasteiger partial charge on any atom is 0.239 e. The monoisotopic (exact) mass is 272 g/mol. The number of hydrogen-bond donors (Lipinski definition) is 1. The molecule has 18 heavy (non-hydrogen) atoms. The highest BCUT2D eigenvalue weighted by Gasteiger charge is 2.33. The molecule has 1 heterocycles. The third-order valence-corrected chi connectivity index (χ3v) is 5.38. The smallest absolute Gasteiger partial charge is 0.239 e. The van der Waals surface area contributed by atoms with Crippen LogP contribution in [0.2, 0.25) is 0 Å². The van der Waals surface area contributed by atoms with Gasteiger partial charge >= 0.3 is 0 Å². The van der Waals surface area contributed by atoms with Gasteiger partial charge in [0.25, 0.3) is 0 Å². The Morgan fingerprint density at radius 2 is 2.22 bits per heavy atom. The van der Waals surface area contributed by atoms with Crippen molar-refractivity contribution >= 4 is 15.7 Å². The molecule has 4 nitrogen and oxygen atoms in total. The van der Waals surface area contributed by atoms with E-state index in [1.165, 1.54) is 16.4 Å². The predicted octanol–water partition coefficient (Wildman–Crippen LogP) is 1.13. The van der Waals surface area contributed by atoms with Crippen molar-refractivity contribution in [3.63, 3.8) is 0 Å². The lowest BCUT2D eigenvalue weighted by molar-refractivity contribution is 0.574. The van der Waals surface area contributed by atoms with Crippen molar-refractivity contribution in [2.24, 2.45) is 0 Å². The second-order valence-corrected chi connectivity index (χ2v) is 6.78. The summed E-state index contributed by atoms with van der Waals surface area (Å²) >= 11 is 0. The van der Waals surface area contributed by atoms with Crippen LogP contribution < -0.4 is 9.62 Å². The van der Waals surface area contributed by atoms with Crippen LogP contribution in [0.4, 0.5) is 10.1 Å². The molecule has 1 aliphatic heterocycles. The second kappa shape index (κ2) is 4.85. The summed E-state index contributed by atoms with van der Waals surface area (Å²) in [5.41, 5.74) is 1.37. The maximum atomic E-state index is 13.2. The number of anilines is 1. The number of hydrogen-bond acceptors (Lipinski definition) is 3. The van der Waals surface area contributed by atoms with E-state index in [1.807, 2.05) is 0 Å². The number of sulfonamides is 1. The van der Waals surface area contributed by atoms with Gasteiger partial charge in [0.2, 0.25) is 10.0 Å². The van der Waals surface area contributed by atoms with E-state index in [0.717, 1.165) is 5.56 Å². The topological polar surface area (TPSA) is 49.4 Å². The summed E-state index contributed by atoms with van der Waals surface area (Å²) in [6.45, 7) is 2.43. The van der Waals surface area contributed by atoms with Crippen LogP contribution in [0, 0.1) is 5.82 Å². The average Bonchev–Trinajstić information content (AvgIpc) is 2.72. The first-order valence-electron chi connectivity index (χ1n) is 5.91. The normalized spacial score (nSPS) is 16.7. The van der Waals surface area contributed by atoms with Crippen LogP contribution in [0.1, 0.15) is 12.5 Å². The van der Waals surface area contributed by atoms with Crippen LogP contribution in [0.15, 0.2) is 18.2 Å². The highest BCUT2D eigenvalue weighted by molar-refractivity contribution is 7.93. The molecule has 0 aliphatic carbocycles. The van der Waals surface area contributed by atoms with E-state index in [-0.39, 0.29) is 0 Å². The van der Waals surface area contributed by atoms with E-state index in [0.29, 0.717) is 25.2 Å². The van der Waals surface area contributed by atoms with Crippen molar-refractivity contribution in [2.45, 2.75) is 18.6 Å². The Morgan fingerprint density at radius 1 is 1.50 bits per heavy atom. The molecule has 6 heteroatoms. The molecule has 0 aromatic heterocycles.